The third-order valence-electron chi connectivity index (χ3n) is 4.33. The van der Waals surface area contributed by atoms with Crippen LogP contribution in [-0.2, 0) is 9.53 Å². The Morgan fingerprint density at radius 1 is 1.03 bits per heavy atom. The maximum Gasteiger partial charge on any atom is 0.339 e. The van der Waals surface area contributed by atoms with Crippen molar-refractivity contribution >= 4 is 46.5 Å². The van der Waals surface area contributed by atoms with Gasteiger partial charge in [-0.1, -0.05) is 65.7 Å². The summed E-state index contributed by atoms with van der Waals surface area (Å²) in [4.78, 5) is 12.2. The number of halogens is 2. The topological polar surface area (TPSA) is 50.2 Å². The monoisotopic (exact) mass is 427 g/mol. The SMILES string of the molecule is C=C(/C=C(\C/C(C)=C(\C=N)C(=O)OCC)c1ccc(Cl)cc1)c1ccc(Cl)cc1. The fourth-order valence-corrected chi connectivity index (χ4v) is 3.06. The number of nitrogens with one attached hydrogen (secondary N) is 1. The molecule has 0 radical (unpaired) electrons. The van der Waals surface area contributed by atoms with Crippen LogP contribution in [0.4, 0.5) is 0 Å². The second kappa shape index (κ2) is 10.8. The number of benzene rings is 2. The molecule has 0 bridgehead atoms. The fraction of sp³-hybridized carbons (Fsp3) is 0.167. The van der Waals surface area contributed by atoms with Gasteiger partial charge in [-0.25, -0.2) is 4.79 Å². The summed E-state index contributed by atoms with van der Waals surface area (Å²) >= 11 is 12.0. The van der Waals surface area contributed by atoms with Crippen molar-refractivity contribution < 1.29 is 9.53 Å². The molecule has 3 nitrogen and oxygen atoms in total. The molecule has 0 fully saturated rings. The largest absolute Gasteiger partial charge is 0.462 e. The quantitative estimate of drug-likeness (QED) is 0.213. The highest BCUT2D eigenvalue weighted by Gasteiger charge is 2.14. The van der Waals surface area contributed by atoms with Gasteiger partial charge in [0, 0.05) is 16.3 Å². The minimum absolute atomic E-state index is 0.254. The van der Waals surface area contributed by atoms with Crippen LogP contribution in [0.2, 0.25) is 10.0 Å². The number of rotatable bonds is 8. The summed E-state index contributed by atoms with van der Waals surface area (Å²) in [7, 11) is 0. The Morgan fingerprint density at radius 2 is 1.55 bits per heavy atom. The van der Waals surface area contributed by atoms with Gasteiger partial charge in [-0.15, -0.1) is 0 Å². The summed E-state index contributed by atoms with van der Waals surface area (Å²) in [5.41, 5.74) is 4.65. The molecule has 0 saturated carbocycles. The zero-order valence-corrected chi connectivity index (χ0v) is 18.0. The van der Waals surface area contributed by atoms with Gasteiger partial charge in [0.2, 0.25) is 0 Å². The van der Waals surface area contributed by atoms with Crippen molar-refractivity contribution in [1.29, 1.82) is 5.41 Å². The van der Waals surface area contributed by atoms with Gasteiger partial charge in [-0.05, 0) is 66.8 Å². The Morgan fingerprint density at radius 3 is 2.03 bits per heavy atom. The van der Waals surface area contributed by atoms with Crippen LogP contribution in [0.15, 0.2) is 72.3 Å². The van der Waals surface area contributed by atoms with Gasteiger partial charge >= 0.3 is 5.97 Å². The highest BCUT2D eigenvalue weighted by atomic mass is 35.5. The molecule has 0 amide bonds. The molecule has 5 heteroatoms. The summed E-state index contributed by atoms with van der Waals surface area (Å²) in [6, 6.07) is 14.9. The Kier molecular flexibility index (Phi) is 8.44. The summed E-state index contributed by atoms with van der Waals surface area (Å²) in [6.07, 6.45) is 3.47. The van der Waals surface area contributed by atoms with Crippen LogP contribution in [-0.4, -0.2) is 18.8 Å². The molecule has 2 aromatic rings. The van der Waals surface area contributed by atoms with Gasteiger partial charge in [0.15, 0.2) is 0 Å². The predicted octanol–water partition coefficient (Wildman–Crippen LogP) is 7.01. The third kappa shape index (κ3) is 6.45. The molecular weight excluding hydrogens is 405 g/mol. The molecule has 0 atom stereocenters. The van der Waals surface area contributed by atoms with E-state index in [-0.39, 0.29) is 12.2 Å². The molecule has 29 heavy (non-hydrogen) atoms. The first-order valence-corrected chi connectivity index (χ1v) is 9.90. The van der Waals surface area contributed by atoms with E-state index in [2.05, 4.69) is 6.58 Å². The molecule has 2 aromatic carbocycles. The number of hydrogen-bond acceptors (Lipinski definition) is 3. The van der Waals surface area contributed by atoms with Gasteiger partial charge in [0.25, 0.3) is 0 Å². The van der Waals surface area contributed by atoms with E-state index in [1.165, 1.54) is 0 Å². The van der Waals surface area contributed by atoms with Crippen molar-refractivity contribution in [3.05, 3.63) is 93.5 Å². The zero-order valence-electron chi connectivity index (χ0n) is 16.5. The lowest BCUT2D eigenvalue weighted by Crippen LogP contribution is -2.10. The number of hydrogen-bond donors (Lipinski definition) is 1. The third-order valence-corrected chi connectivity index (χ3v) is 4.84. The lowest BCUT2D eigenvalue weighted by Gasteiger charge is -2.13. The first-order chi connectivity index (χ1) is 13.8. The Bertz CT molecular complexity index is 955. The maximum atomic E-state index is 12.2. The zero-order chi connectivity index (χ0) is 21.4. The normalized spacial score (nSPS) is 12.2. The maximum absolute atomic E-state index is 12.2. The molecule has 0 unspecified atom stereocenters. The second-order valence-corrected chi connectivity index (χ2v) is 7.32. The van der Waals surface area contributed by atoms with Crippen molar-refractivity contribution in [3.63, 3.8) is 0 Å². The summed E-state index contributed by atoms with van der Waals surface area (Å²) < 4.78 is 5.07. The van der Waals surface area contributed by atoms with Gasteiger partial charge in [-0.3, -0.25) is 0 Å². The first-order valence-electron chi connectivity index (χ1n) is 9.14. The van der Waals surface area contributed by atoms with Crippen LogP contribution in [0, 0.1) is 5.41 Å². The van der Waals surface area contributed by atoms with E-state index >= 15 is 0 Å². The van der Waals surface area contributed by atoms with Crippen LogP contribution < -0.4 is 0 Å². The van der Waals surface area contributed by atoms with Gasteiger partial charge in [0.1, 0.15) is 0 Å². The Hall–Kier alpha value is -2.62. The second-order valence-electron chi connectivity index (χ2n) is 6.44. The molecule has 0 aliphatic carbocycles. The molecule has 0 aliphatic rings. The average molecular weight is 428 g/mol. The summed E-state index contributed by atoms with van der Waals surface area (Å²) in [5.74, 6) is -0.494. The van der Waals surface area contributed by atoms with Gasteiger partial charge < -0.3 is 10.1 Å². The van der Waals surface area contributed by atoms with E-state index in [9.17, 15) is 4.79 Å². The fourth-order valence-electron chi connectivity index (χ4n) is 2.80. The summed E-state index contributed by atoms with van der Waals surface area (Å²) in [6.45, 7) is 8.00. The first kappa shape index (κ1) is 22.7. The van der Waals surface area contributed by atoms with Crippen molar-refractivity contribution in [2.45, 2.75) is 20.3 Å². The van der Waals surface area contributed by atoms with E-state index in [1.807, 2.05) is 61.5 Å². The minimum Gasteiger partial charge on any atom is -0.462 e. The van der Waals surface area contributed by atoms with Crippen molar-refractivity contribution in [2.75, 3.05) is 6.61 Å². The molecule has 0 heterocycles. The number of allylic oxidation sites excluding steroid dienone is 4. The smallest absolute Gasteiger partial charge is 0.339 e. The van der Waals surface area contributed by atoms with Gasteiger partial charge in [0.05, 0.1) is 12.2 Å². The molecule has 0 spiro atoms. The van der Waals surface area contributed by atoms with Crippen LogP contribution in [0.1, 0.15) is 31.4 Å². The predicted molar refractivity (Wildman–Crippen MR) is 123 cm³/mol. The van der Waals surface area contributed by atoms with E-state index in [0.29, 0.717) is 16.5 Å². The molecule has 0 aliphatic heterocycles. The Labute approximate surface area is 181 Å². The van der Waals surface area contributed by atoms with E-state index in [0.717, 1.165) is 34.1 Å². The van der Waals surface area contributed by atoms with Crippen LogP contribution >= 0.6 is 23.2 Å². The van der Waals surface area contributed by atoms with Crippen molar-refractivity contribution in [2.24, 2.45) is 0 Å². The molecule has 1 N–H and O–H groups in total. The standard InChI is InChI=1S/C24H23Cl2NO2/c1-4-29-24(28)23(15-27)17(3)14-20(19-7-11-22(26)12-8-19)13-16(2)18-5-9-21(25)10-6-18/h5-13,15,27H,2,4,14H2,1,3H3/b20-13+,23-17+,27-15?. The number of carbonyl (C=O) groups is 1. The molecular formula is C24H23Cl2NO2. The highest BCUT2D eigenvalue weighted by Crippen LogP contribution is 2.29. The molecule has 0 aromatic heterocycles. The molecule has 0 saturated heterocycles. The number of ether oxygens (including phenoxy) is 1. The van der Waals surface area contributed by atoms with Crippen LogP contribution in [0.3, 0.4) is 0 Å². The van der Waals surface area contributed by atoms with Crippen molar-refractivity contribution in [3.8, 4) is 0 Å². The van der Waals surface area contributed by atoms with Gasteiger partial charge in [-0.2, -0.15) is 0 Å². The Balaban J connectivity index is 2.46. The molecule has 2 rings (SSSR count). The van der Waals surface area contributed by atoms with E-state index in [4.69, 9.17) is 33.3 Å². The summed E-state index contributed by atoms with van der Waals surface area (Å²) in [5, 5.41) is 8.92. The van der Waals surface area contributed by atoms with E-state index in [1.54, 1.807) is 6.92 Å². The molecule has 150 valence electrons. The van der Waals surface area contributed by atoms with E-state index < -0.39 is 5.97 Å². The highest BCUT2D eigenvalue weighted by molar-refractivity contribution is 6.30. The van der Waals surface area contributed by atoms with Crippen molar-refractivity contribution in [1.82, 2.24) is 0 Å². The lowest BCUT2D eigenvalue weighted by molar-refractivity contribution is -0.137. The number of esters is 1. The number of carbonyl (C=O) groups excluding carboxylic acids is 1. The lowest BCUT2D eigenvalue weighted by atomic mass is 9.93. The van der Waals surface area contributed by atoms with Crippen LogP contribution in [0.5, 0.6) is 0 Å². The minimum atomic E-state index is -0.494. The van der Waals surface area contributed by atoms with Crippen LogP contribution in [0.25, 0.3) is 11.1 Å². The average Bonchev–Trinajstić information content (AvgIpc) is 2.69.